The van der Waals surface area contributed by atoms with Crippen molar-refractivity contribution in [3.05, 3.63) is 125 Å². The Morgan fingerprint density at radius 1 is 0.913 bits per heavy atom. The van der Waals surface area contributed by atoms with Crippen LogP contribution in [-0.2, 0) is 18.3 Å². The molecule has 0 bridgehead atoms. The molecule has 1 N–H and O–H groups in total. The second kappa shape index (κ2) is 14.4. The largest absolute Gasteiger partial charge is 0.481 e. The van der Waals surface area contributed by atoms with E-state index in [1.54, 1.807) is 30.9 Å². The minimum absolute atomic E-state index is 0.118. The molecule has 4 rings (SSSR count). The first-order chi connectivity index (χ1) is 21.7. The van der Waals surface area contributed by atoms with Crippen LogP contribution in [0, 0.1) is 26.6 Å². The summed E-state index contributed by atoms with van der Waals surface area (Å²) in [6.45, 7) is 12.1. The van der Waals surface area contributed by atoms with E-state index in [1.807, 2.05) is 86.6 Å². The van der Waals surface area contributed by atoms with Crippen molar-refractivity contribution in [2.45, 2.75) is 59.1 Å². The second-order valence-electron chi connectivity index (χ2n) is 12.9. The average molecular weight is 659 g/mol. The number of carbonyl (C=O) groups is 1. The maximum Gasteiger partial charge on any atom is 0.305 e. The number of benzene rings is 4. The molecule has 0 fully saturated rings. The maximum atomic E-state index is 14.5. The Balaban J connectivity index is 1.80. The van der Waals surface area contributed by atoms with Gasteiger partial charge in [-0.1, -0.05) is 105 Å². The Bertz CT molecular complexity index is 1710. The highest BCUT2D eigenvalue weighted by atomic mass is 31.2. The minimum atomic E-state index is -3.57. The third-order valence-corrected chi connectivity index (χ3v) is 15.6. The molecule has 1 unspecified atom stereocenters. The van der Waals surface area contributed by atoms with Crippen LogP contribution in [0.2, 0.25) is 5.04 Å². The first kappa shape index (κ1) is 35.2. The molecule has 0 aliphatic rings. The van der Waals surface area contributed by atoms with Gasteiger partial charge in [-0.2, -0.15) is 0 Å². The SMILES string of the molecule is COP(=O)(C=Cc1c(C)cc(C)cc1-c1ccc(F)c(C)c1)C[C@@H](CC(=O)O)O[Si](c1ccccc1)(c1ccccc1)C(C)(C)C. The molecule has 46 heavy (non-hydrogen) atoms. The maximum absolute atomic E-state index is 14.5. The third kappa shape index (κ3) is 7.84. The van der Waals surface area contributed by atoms with Crippen molar-refractivity contribution >= 4 is 38.1 Å². The van der Waals surface area contributed by atoms with Gasteiger partial charge in [-0.15, -0.1) is 0 Å². The summed E-state index contributed by atoms with van der Waals surface area (Å²) in [6, 6.07) is 29.0. The molecule has 242 valence electrons. The van der Waals surface area contributed by atoms with E-state index in [0.717, 1.165) is 38.2 Å². The highest BCUT2D eigenvalue weighted by Gasteiger charge is 2.52. The minimum Gasteiger partial charge on any atom is -0.481 e. The number of halogens is 1. The van der Waals surface area contributed by atoms with Gasteiger partial charge in [0.1, 0.15) is 5.82 Å². The van der Waals surface area contributed by atoms with Gasteiger partial charge in [0.2, 0.25) is 7.37 Å². The van der Waals surface area contributed by atoms with Crippen LogP contribution in [0.4, 0.5) is 4.39 Å². The number of aryl methyl sites for hydroxylation is 3. The van der Waals surface area contributed by atoms with Crippen molar-refractivity contribution in [2.75, 3.05) is 13.3 Å². The van der Waals surface area contributed by atoms with Crippen molar-refractivity contribution in [3.8, 4) is 11.1 Å². The molecule has 2 atom stereocenters. The Hall–Kier alpha value is -3.61. The fourth-order valence-corrected chi connectivity index (χ4v) is 12.6. The first-order valence-corrected chi connectivity index (χ1v) is 19.2. The molecule has 0 aliphatic heterocycles. The molecule has 4 aromatic rings. The molecule has 5 nitrogen and oxygen atoms in total. The zero-order valence-electron chi connectivity index (χ0n) is 27.7. The number of carboxylic acid groups (broad SMARTS) is 1. The van der Waals surface area contributed by atoms with E-state index in [9.17, 15) is 18.9 Å². The smallest absolute Gasteiger partial charge is 0.305 e. The Morgan fingerprint density at radius 2 is 1.50 bits per heavy atom. The van der Waals surface area contributed by atoms with Crippen LogP contribution in [0.25, 0.3) is 17.2 Å². The van der Waals surface area contributed by atoms with Crippen molar-refractivity contribution < 1.29 is 27.8 Å². The number of carboxylic acids is 1. The van der Waals surface area contributed by atoms with E-state index in [0.29, 0.717) is 5.56 Å². The molecule has 0 spiro atoms. The van der Waals surface area contributed by atoms with E-state index < -0.39 is 32.8 Å². The summed E-state index contributed by atoms with van der Waals surface area (Å²) in [6.07, 6.45) is 0.424. The van der Waals surface area contributed by atoms with Crippen LogP contribution >= 0.6 is 7.37 Å². The van der Waals surface area contributed by atoms with Gasteiger partial charge in [0.05, 0.1) is 18.7 Å². The zero-order valence-corrected chi connectivity index (χ0v) is 29.6. The van der Waals surface area contributed by atoms with Crippen molar-refractivity contribution in [1.82, 2.24) is 0 Å². The lowest BCUT2D eigenvalue weighted by Gasteiger charge is -2.45. The number of rotatable bonds is 12. The molecule has 0 radical (unpaired) electrons. The summed E-state index contributed by atoms with van der Waals surface area (Å²) in [7, 11) is -5.33. The van der Waals surface area contributed by atoms with Crippen molar-refractivity contribution in [3.63, 3.8) is 0 Å². The summed E-state index contributed by atoms with van der Waals surface area (Å²) in [4.78, 5) is 12.3. The Kier molecular flexibility index (Phi) is 11.1. The summed E-state index contributed by atoms with van der Waals surface area (Å²) in [5, 5.41) is 11.6. The molecule has 0 heterocycles. The molecule has 0 aromatic heterocycles. The summed E-state index contributed by atoms with van der Waals surface area (Å²) in [5.74, 6) is 0.242. The number of aliphatic carboxylic acids is 1. The predicted octanol–water partition coefficient (Wildman–Crippen LogP) is 8.73. The standard InChI is InChI=1S/C38H44FO5PSi/c1-27-22-28(2)34(35(23-27)30-18-19-36(39)29(3)24-30)20-21-45(42,43-7)26-31(25-37(40)41)44-46(38(4,5)6,32-14-10-8-11-15-32)33-16-12-9-13-17-33/h8-24,31H,25-26H2,1-7H3,(H,40,41)/t31-,45?/m1/s1. The lowest BCUT2D eigenvalue weighted by atomic mass is 9.93. The summed E-state index contributed by atoms with van der Waals surface area (Å²) < 4.78 is 41.4. The van der Waals surface area contributed by atoms with Crippen LogP contribution in [0.1, 0.15) is 49.4 Å². The van der Waals surface area contributed by atoms with E-state index in [4.69, 9.17) is 8.95 Å². The number of hydrogen-bond donors (Lipinski definition) is 1. The van der Waals surface area contributed by atoms with Gasteiger partial charge in [-0.3, -0.25) is 9.36 Å². The molecular formula is C38H44FO5PSi. The highest BCUT2D eigenvalue weighted by molar-refractivity contribution is 7.62. The second-order valence-corrected chi connectivity index (χ2v) is 19.6. The lowest BCUT2D eigenvalue weighted by molar-refractivity contribution is -0.138. The first-order valence-electron chi connectivity index (χ1n) is 15.4. The van der Waals surface area contributed by atoms with E-state index in [1.165, 1.54) is 13.2 Å². The van der Waals surface area contributed by atoms with Crippen LogP contribution in [0.3, 0.4) is 0 Å². The van der Waals surface area contributed by atoms with Crippen molar-refractivity contribution in [2.24, 2.45) is 0 Å². The van der Waals surface area contributed by atoms with Crippen molar-refractivity contribution in [1.29, 1.82) is 0 Å². The van der Waals surface area contributed by atoms with E-state index >= 15 is 0 Å². The van der Waals surface area contributed by atoms with Crippen LogP contribution in [-0.4, -0.2) is 38.8 Å². The molecule has 8 heteroatoms. The molecular weight excluding hydrogens is 614 g/mol. The Morgan fingerprint density at radius 3 is 2.00 bits per heavy atom. The molecule has 0 saturated heterocycles. The van der Waals surface area contributed by atoms with Gasteiger partial charge in [0.25, 0.3) is 8.32 Å². The summed E-state index contributed by atoms with van der Waals surface area (Å²) in [5.41, 5.74) is 5.09. The van der Waals surface area contributed by atoms with Gasteiger partial charge in [0.15, 0.2) is 0 Å². The zero-order chi connectivity index (χ0) is 33.7. The Labute approximate surface area is 273 Å². The van der Waals surface area contributed by atoms with Gasteiger partial charge in [0, 0.05) is 12.9 Å². The number of hydrogen-bond acceptors (Lipinski definition) is 4. The predicted molar refractivity (Wildman–Crippen MR) is 189 cm³/mol. The van der Waals surface area contributed by atoms with Gasteiger partial charge in [-0.05, 0) is 82.2 Å². The monoisotopic (exact) mass is 658 g/mol. The van der Waals surface area contributed by atoms with E-state index in [-0.39, 0.29) is 18.4 Å². The fourth-order valence-electron chi connectivity index (χ4n) is 6.20. The molecule has 0 aliphatic carbocycles. The van der Waals surface area contributed by atoms with Crippen LogP contribution < -0.4 is 10.4 Å². The quantitative estimate of drug-likeness (QED) is 0.122. The molecule has 0 saturated carbocycles. The van der Waals surface area contributed by atoms with E-state index in [2.05, 4.69) is 20.8 Å². The molecule has 4 aromatic carbocycles. The van der Waals surface area contributed by atoms with Gasteiger partial charge < -0.3 is 14.1 Å². The average Bonchev–Trinajstić information content (AvgIpc) is 3.00. The normalized spacial score (nSPS) is 14.3. The van der Waals surface area contributed by atoms with Gasteiger partial charge in [-0.25, -0.2) is 4.39 Å². The van der Waals surface area contributed by atoms with Crippen LogP contribution in [0.5, 0.6) is 0 Å². The topological polar surface area (TPSA) is 72.8 Å². The van der Waals surface area contributed by atoms with Crippen LogP contribution in [0.15, 0.2) is 96.8 Å². The summed E-state index contributed by atoms with van der Waals surface area (Å²) >= 11 is 0. The highest BCUT2D eigenvalue weighted by Crippen LogP contribution is 2.51. The lowest BCUT2D eigenvalue weighted by Crippen LogP contribution is -2.68. The van der Waals surface area contributed by atoms with Gasteiger partial charge >= 0.3 is 5.97 Å². The fraction of sp³-hybridized carbons (Fsp3) is 0.289. The third-order valence-electron chi connectivity index (χ3n) is 8.40. The molecule has 0 amide bonds.